The zero-order chi connectivity index (χ0) is 21.8. The molecule has 0 saturated carbocycles. The molecule has 1 aliphatic rings. The van der Waals surface area contributed by atoms with Gasteiger partial charge in [-0.1, -0.05) is 11.6 Å². The highest BCUT2D eigenvalue weighted by Gasteiger charge is 2.17. The first-order valence-electron chi connectivity index (χ1n) is 10.1. The molecule has 8 heteroatoms. The lowest BCUT2D eigenvalue weighted by atomic mass is 10.1. The summed E-state index contributed by atoms with van der Waals surface area (Å²) in [7, 11) is 0. The minimum atomic E-state index is -0.645. The number of hydrogen-bond donors (Lipinski definition) is 1. The number of rotatable bonds is 4. The van der Waals surface area contributed by atoms with Crippen molar-refractivity contribution in [2.75, 3.05) is 23.3 Å². The maximum atomic E-state index is 12.4. The van der Waals surface area contributed by atoms with Crippen LogP contribution in [-0.4, -0.2) is 29.0 Å². The third-order valence-corrected chi connectivity index (χ3v) is 5.55. The van der Waals surface area contributed by atoms with Crippen molar-refractivity contribution in [3.05, 3.63) is 64.9 Å². The molecule has 0 atom stereocenters. The van der Waals surface area contributed by atoms with Crippen molar-refractivity contribution in [3.63, 3.8) is 0 Å². The van der Waals surface area contributed by atoms with Gasteiger partial charge in [-0.3, -0.25) is 5.32 Å². The third kappa shape index (κ3) is 4.65. The molecule has 0 bridgehead atoms. The molecule has 4 rings (SSSR count). The minimum Gasteiger partial charge on any atom is -0.406 e. The monoisotopic (exact) mass is 435 g/mol. The summed E-state index contributed by atoms with van der Waals surface area (Å²) in [5, 5.41) is 17.2. The number of piperidine rings is 1. The van der Waals surface area contributed by atoms with E-state index in [9.17, 15) is 10.1 Å². The lowest BCUT2D eigenvalue weighted by molar-refractivity contribution is 0.215. The molecular formula is C23H22ClN5O2. The molecule has 1 saturated heterocycles. The van der Waals surface area contributed by atoms with Crippen molar-refractivity contribution in [1.82, 2.24) is 9.78 Å². The van der Waals surface area contributed by atoms with Crippen LogP contribution in [0.15, 0.2) is 48.7 Å². The van der Waals surface area contributed by atoms with Crippen LogP contribution in [-0.2, 0) is 0 Å². The second-order valence-electron chi connectivity index (χ2n) is 7.39. The van der Waals surface area contributed by atoms with Gasteiger partial charge in [0, 0.05) is 23.8 Å². The zero-order valence-corrected chi connectivity index (χ0v) is 17.9. The Morgan fingerprint density at radius 2 is 1.90 bits per heavy atom. The number of anilines is 2. The van der Waals surface area contributed by atoms with E-state index in [1.807, 2.05) is 25.1 Å². The third-order valence-electron chi connectivity index (χ3n) is 5.30. The molecule has 158 valence electrons. The van der Waals surface area contributed by atoms with E-state index in [2.05, 4.69) is 21.4 Å². The number of amides is 1. The molecule has 0 radical (unpaired) electrons. The smallest absolute Gasteiger partial charge is 0.406 e. The van der Waals surface area contributed by atoms with Crippen LogP contribution in [0.5, 0.6) is 5.75 Å². The number of ether oxygens (including phenoxy) is 1. The Labute approximate surface area is 185 Å². The van der Waals surface area contributed by atoms with E-state index in [1.165, 1.54) is 12.6 Å². The summed E-state index contributed by atoms with van der Waals surface area (Å²) in [4.78, 5) is 14.7. The molecule has 7 nitrogen and oxygen atoms in total. The van der Waals surface area contributed by atoms with Crippen molar-refractivity contribution in [2.24, 2.45) is 0 Å². The van der Waals surface area contributed by atoms with E-state index in [-0.39, 0.29) is 0 Å². The van der Waals surface area contributed by atoms with Gasteiger partial charge in [-0.25, -0.2) is 9.48 Å². The number of benzene rings is 2. The van der Waals surface area contributed by atoms with Crippen LogP contribution in [0.2, 0.25) is 5.02 Å². The van der Waals surface area contributed by atoms with Gasteiger partial charge >= 0.3 is 6.09 Å². The Kier molecular flexibility index (Phi) is 6.10. The molecule has 31 heavy (non-hydrogen) atoms. The summed E-state index contributed by atoms with van der Waals surface area (Å²) in [6.45, 7) is 3.70. The summed E-state index contributed by atoms with van der Waals surface area (Å²) in [6, 6.07) is 14.8. The molecule has 1 aliphatic heterocycles. The largest absolute Gasteiger partial charge is 0.417 e. The SMILES string of the molecule is Cc1c(OC(=O)Nc2ccc(N3CCCCC3)c(C#N)c2)cnn1-c1ccc(Cl)cc1. The molecule has 2 aromatic carbocycles. The number of aromatic nitrogens is 2. The lowest BCUT2D eigenvalue weighted by Crippen LogP contribution is -2.30. The Bertz CT molecular complexity index is 1130. The van der Waals surface area contributed by atoms with Crippen LogP contribution in [0.1, 0.15) is 30.5 Å². The number of carbonyl (C=O) groups is 1. The molecule has 1 N–H and O–H groups in total. The first-order chi connectivity index (χ1) is 15.0. The van der Waals surface area contributed by atoms with Crippen molar-refractivity contribution < 1.29 is 9.53 Å². The molecule has 0 spiro atoms. The number of carbonyl (C=O) groups excluding carboxylic acids is 1. The molecule has 1 amide bonds. The van der Waals surface area contributed by atoms with Gasteiger partial charge in [0.15, 0.2) is 5.75 Å². The molecule has 0 aliphatic carbocycles. The van der Waals surface area contributed by atoms with Crippen LogP contribution in [0.3, 0.4) is 0 Å². The van der Waals surface area contributed by atoms with Crippen LogP contribution >= 0.6 is 11.6 Å². The number of halogens is 1. The molecule has 1 fully saturated rings. The second kappa shape index (κ2) is 9.11. The fourth-order valence-electron chi connectivity index (χ4n) is 3.69. The first-order valence-corrected chi connectivity index (χ1v) is 10.5. The van der Waals surface area contributed by atoms with E-state index in [0.29, 0.717) is 27.7 Å². The van der Waals surface area contributed by atoms with Gasteiger partial charge in [0.25, 0.3) is 0 Å². The standard InChI is InChI=1S/C23H22ClN5O2/c1-16-22(15-26-29(16)20-8-5-18(24)6-9-20)31-23(30)27-19-7-10-21(17(13-19)14-25)28-11-3-2-4-12-28/h5-10,13,15H,2-4,11-12H2,1H3,(H,27,30). The van der Waals surface area contributed by atoms with Crippen LogP contribution in [0.25, 0.3) is 5.69 Å². The van der Waals surface area contributed by atoms with E-state index in [0.717, 1.165) is 37.3 Å². The highest BCUT2D eigenvalue weighted by atomic mass is 35.5. The maximum Gasteiger partial charge on any atom is 0.417 e. The highest BCUT2D eigenvalue weighted by Crippen LogP contribution is 2.27. The van der Waals surface area contributed by atoms with Crippen LogP contribution in [0, 0.1) is 18.3 Å². The van der Waals surface area contributed by atoms with Gasteiger partial charge in [-0.15, -0.1) is 0 Å². The summed E-state index contributed by atoms with van der Waals surface area (Å²) in [5.74, 6) is 0.345. The van der Waals surface area contributed by atoms with E-state index in [1.54, 1.807) is 28.9 Å². The van der Waals surface area contributed by atoms with Gasteiger partial charge in [-0.05, 0) is 68.7 Å². The van der Waals surface area contributed by atoms with Gasteiger partial charge in [-0.2, -0.15) is 10.4 Å². The molecule has 1 aromatic heterocycles. The van der Waals surface area contributed by atoms with Crippen molar-refractivity contribution in [1.29, 1.82) is 5.26 Å². The quantitative estimate of drug-likeness (QED) is 0.600. The van der Waals surface area contributed by atoms with Crippen LogP contribution in [0.4, 0.5) is 16.2 Å². The maximum absolute atomic E-state index is 12.4. The van der Waals surface area contributed by atoms with Gasteiger partial charge in [0.2, 0.25) is 0 Å². The Morgan fingerprint density at radius 1 is 1.16 bits per heavy atom. The van der Waals surface area contributed by atoms with E-state index in [4.69, 9.17) is 16.3 Å². The average molecular weight is 436 g/mol. The number of nitrogens with zero attached hydrogens (tertiary/aromatic N) is 4. The van der Waals surface area contributed by atoms with E-state index >= 15 is 0 Å². The predicted octanol–water partition coefficient (Wildman–Crippen LogP) is 5.31. The highest BCUT2D eigenvalue weighted by molar-refractivity contribution is 6.30. The lowest BCUT2D eigenvalue weighted by Gasteiger charge is -2.29. The second-order valence-corrected chi connectivity index (χ2v) is 7.82. The number of hydrogen-bond acceptors (Lipinski definition) is 5. The van der Waals surface area contributed by atoms with Gasteiger partial charge < -0.3 is 9.64 Å². The Morgan fingerprint density at radius 3 is 2.61 bits per heavy atom. The molecule has 3 aromatic rings. The summed E-state index contributed by atoms with van der Waals surface area (Å²) >= 11 is 5.94. The topological polar surface area (TPSA) is 83.2 Å². The number of nitrogens with one attached hydrogen (secondary N) is 1. The fourth-order valence-corrected chi connectivity index (χ4v) is 3.82. The summed E-state index contributed by atoms with van der Waals surface area (Å²) in [5.41, 5.74) is 3.43. The molecule has 0 unspecified atom stereocenters. The normalized spacial score (nSPS) is 13.5. The van der Waals surface area contributed by atoms with Crippen molar-refractivity contribution in [2.45, 2.75) is 26.2 Å². The summed E-state index contributed by atoms with van der Waals surface area (Å²) in [6.07, 6.45) is 4.32. The van der Waals surface area contributed by atoms with Crippen LogP contribution < -0.4 is 15.0 Å². The average Bonchev–Trinajstić information content (AvgIpc) is 3.14. The molecular weight excluding hydrogens is 414 g/mol. The number of nitriles is 1. The molecule has 2 heterocycles. The van der Waals surface area contributed by atoms with Crippen molar-refractivity contribution >= 4 is 29.1 Å². The fraction of sp³-hybridized carbons (Fsp3) is 0.261. The minimum absolute atomic E-state index is 0.345. The summed E-state index contributed by atoms with van der Waals surface area (Å²) < 4.78 is 7.11. The predicted molar refractivity (Wildman–Crippen MR) is 120 cm³/mol. The Hall–Kier alpha value is -3.50. The first kappa shape index (κ1) is 20.8. The van der Waals surface area contributed by atoms with Crippen molar-refractivity contribution in [3.8, 4) is 17.5 Å². The van der Waals surface area contributed by atoms with Gasteiger partial charge in [0.1, 0.15) is 6.07 Å². The van der Waals surface area contributed by atoms with E-state index < -0.39 is 6.09 Å². The Balaban J connectivity index is 1.45. The zero-order valence-electron chi connectivity index (χ0n) is 17.1. The van der Waals surface area contributed by atoms with Gasteiger partial charge in [0.05, 0.1) is 28.8 Å².